The van der Waals surface area contributed by atoms with E-state index in [0.29, 0.717) is 22.9 Å². The standard InChI is InChI=1S/C22H22N4O4/c1-7-12-25-21(27)19-20(26(14(2)3)22(25)28)23-18(24(19)4)11-9-15-8-10-16(29-5)17(13-15)30-6/h1,8,10,13-14H,12H2,2-6H3. The van der Waals surface area contributed by atoms with Crippen molar-refractivity contribution in [3.8, 4) is 35.7 Å². The van der Waals surface area contributed by atoms with E-state index in [9.17, 15) is 9.59 Å². The zero-order valence-electron chi connectivity index (χ0n) is 17.5. The molecule has 0 saturated carbocycles. The van der Waals surface area contributed by atoms with Crippen LogP contribution in [0.25, 0.3) is 11.2 Å². The number of rotatable bonds is 4. The number of benzene rings is 1. The normalized spacial score (nSPS) is 10.6. The summed E-state index contributed by atoms with van der Waals surface area (Å²) in [6.45, 7) is 3.57. The topological polar surface area (TPSA) is 80.3 Å². The Morgan fingerprint density at radius 1 is 1.13 bits per heavy atom. The molecule has 0 spiro atoms. The van der Waals surface area contributed by atoms with E-state index in [2.05, 4.69) is 22.7 Å². The molecule has 2 heterocycles. The second kappa shape index (κ2) is 8.22. The van der Waals surface area contributed by atoms with Crippen molar-refractivity contribution >= 4 is 11.2 Å². The van der Waals surface area contributed by atoms with Gasteiger partial charge < -0.3 is 14.0 Å². The maximum atomic E-state index is 12.9. The van der Waals surface area contributed by atoms with Crippen LogP contribution < -0.4 is 20.7 Å². The molecule has 154 valence electrons. The largest absolute Gasteiger partial charge is 0.493 e. The summed E-state index contributed by atoms with van der Waals surface area (Å²) >= 11 is 0. The number of fused-ring (bicyclic) bond motifs is 1. The van der Waals surface area contributed by atoms with Gasteiger partial charge in [-0.15, -0.1) is 6.42 Å². The van der Waals surface area contributed by atoms with Crippen LogP contribution in [-0.4, -0.2) is 32.9 Å². The summed E-state index contributed by atoms with van der Waals surface area (Å²) in [6, 6.07) is 5.08. The van der Waals surface area contributed by atoms with Crippen molar-refractivity contribution in [2.75, 3.05) is 14.2 Å². The number of aryl methyl sites for hydroxylation is 1. The number of hydrogen-bond acceptors (Lipinski definition) is 5. The maximum Gasteiger partial charge on any atom is 0.333 e. The minimum absolute atomic E-state index is 0.113. The molecule has 0 atom stereocenters. The molecule has 0 fully saturated rings. The molecule has 0 bridgehead atoms. The lowest BCUT2D eigenvalue weighted by molar-refractivity contribution is 0.355. The summed E-state index contributed by atoms with van der Waals surface area (Å²) in [5.74, 6) is 9.85. The number of aromatic nitrogens is 4. The molecule has 2 aromatic heterocycles. The highest BCUT2D eigenvalue weighted by molar-refractivity contribution is 5.72. The molecule has 0 radical (unpaired) electrons. The van der Waals surface area contributed by atoms with E-state index in [1.54, 1.807) is 44.0 Å². The Bertz CT molecular complexity index is 1340. The van der Waals surface area contributed by atoms with Crippen LogP contribution in [-0.2, 0) is 13.6 Å². The highest BCUT2D eigenvalue weighted by Crippen LogP contribution is 2.27. The molecule has 0 saturated heterocycles. The van der Waals surface area contributed by atoms with Gasteiger partial charge in [-0.2, -0.15) is 0 Å². The Morgan fingerprint density at radius 2 is 1.83 bits per heavy atom. The van der Waals surface area contributed by atoms with E-state index in [-0.39, 0.29) is 23.8 Å². The van der Waals surface area contributed by atoms with E-state index in [4.69, 9.17) is 15.9 Å². The van der Waals surface area contributed by atoms with Crippen molar-refractivity contribution in [3.63, 3.8) is 0 Å². The molecule has 1 aromatic carbocycles. The summed E-state index contributed by atoms with van der Waals surface area (Å²) in [6.07, 6.45) is 5.35. The summed E-state index contributed by atoms with van der Waals surface area (Å²) in [5, 5.41) is 0. The lowest BCUT2D eigenvalue weighted by Gasteiger charge is -2.13. The van der Waals surface area contributed by atoms with Crippen molar-refractivity contribution in [2.45, 2.75) is 26.4 Å². The smallest absolute Gasteiger partial charge is 0.333 e. The van der Waals surface area contributed by atoms with Crippen LogP contribution in [0.2, 0.25) is 0 Å². The van der Waals surface area contributed by atoms with Gasteiger partial charge in [0.15, 0.2) is 28.5 Å². The summed E-state index contributed by atoms with van der Waals surface area (Å²) in [7, 11) is 4.79. The second-order valence-electron chi connectivity index (χ2n) is 6.83. The van der Waals surface area contributed by atoms with Crippen LogP contribution in [0.5, 0.6) is 11.5 Å². The van der Waals surface area contributed by atoms with Gasteiger partial charge in [0.1, 0.15) is 0 Å². The number of methoxy groups -OCH3 is 2. The van der Waals surface area contributed by atoms with Crippen molar-refractivity contribution < 1.29 is 9.47 Å². The Labute approximate surface area is 173 Å². The predicted octanol–water partition coefficient (Wildman–Crippen LogP) is 1.53. The first-order valence-electron chi connectivity index (χ1n) is 9.23. The van der Waals surface area contributed by atoms with Crippen molar-refractivity contribution in [3.05, 3.63) is 50.4 Å². The number of imidazole rings is 1. The fraction of sp³-hybridized carbons (Fsp3) is 0.318. The first-order chi connectivity index (χ1) is 14.3. The molecule has 0 amide bonds. The second-order valence-corrected chi connectivity index (χ2v) is 6.83. The molecule has 3 rings (SSSR count). The highest BCUT2D eigenvalue weighted by Gasteiger charge is 2.20. The van der Waals surface area contributed by atoms with Gasteiger partial charge in [-0.25, -0.2) is 14.3 Å². The van der Waals surface area contributed by atoms with Gasteiger partial charge in [-0.3, -0.25) is 9.36 Å². The summed E-state index contributed by atoms with van der Waals surface area (Å²) in [4.78, 5) is 30.2. The lowest BCUT2D eigenvalue weighted by atomic mass is 10.2. The van der Waals surface area contributed by atoms with Crippen molar-refractivity contribution in [1.29, 1.82) is 0 Å². The van der Waals surface area contributed by atoms with Gasteiger partial charge in [-0.05, 0) is 38.0 Å². The Hall–Kier alpha value is -3.91. The molecule has 30 heavy (non-hydrogen) atoms. The summed E-state index contributed by atoms with van der Waals surface area (Å²) < 4.78 is 14.6. The minimum Gasteiger partial charge on any atom is -0.493 e. The van der Waals surface area contributed by atoms with Gasteiger partial charge in [0.2, 0.25) is 0 Å². The number of nitrogens with zero attached hydrogens (tertiary/aromatic N) is 4. The molecule has 0 N–H and O–H groups in total. The Balaban J connectivity index is 2.23. The van der Waals surface area contributed by atoms with Crippen molar-refractivity contribution in [2.24, 2.45) is 7.05 Å². The van der Waals surface area contributed by atoms with Crippen LogP contribution in [0, 0.1) is 24.2 Å². The third kappa shape index (κ3) is 3.44. The average molecular weight is 406 g/mol. The number of hydrogen-bond donors (Lipinski definition) is 0. The molecule has 8 nitrogen and oxygen atoms in total. The molecule has 3 aromatic rings. The average Bonchev–Trinajstić information content (AvgIpc) is 3.05. The van der Waals surface area contributed by atoms with Crippen LogP contribution in [0.1, 0.15) is 31.3 Å². The SMILES string of the molecule is C#CCn1c(=O)c2c(nc(C#Cc3ccc(OC)c(OC)c3)n2C)n(C(C)C)c1=O. The Morgan fingerprint density at radius 3 is 2.43 bits per heavy atom. The number of terminal acetylenes is 1. The minimum atomic E-state index is -0.488. The van der Waals surface area contributed by atoms with Crippen molar-refractivity contribution in [1.82, 2.24) is 18.7 Å². The van der Waals surface area contributed by atoms with E-state index >= 15 is 0 Å². The lowest BCUT2D eigenvalue weighted by Crippen LogP contribution is -2.41. The highest BCUT2D eigenvalue weighted by atomic mass is 16.5. The van der Waals surface area contributed by atoms with E-state index in [1.165, 1.54) is 4.57 Å². The van der Waals surface area contributed by atoms with Gasteiger partial charge in [0, 0.05) is 18.7 Å². The first kappa shape index (κ1) is 20.8. The van der Waals surface area contributed by atoms with E-state index in [1.807, 2.05) is 13.8 Å². The zero-order valence-corrected chi connectivity index (χ0v) is 17.5. The monoisotopic (exact) mass is 406 g/mol. The van der Waals surface area contributed by atoms with Gasteiger partial charge in [-0.1, -0.05) is 11.8 Å². The molecule has 0 unspecified atom stereocenters. The van der Waals surface area contributed by atoms with Crippen LogP contribution >= 0.6 is 0 Å². The fourth-order valence-electron chi connectivity index (χ4n) is 3.18. The maximum absolute atomic E-state index is 12.9. The molecular weight excluding hydrogens is 384 g/mol. The molecule has 0 aliphatic heterocycles. The van der Waals surface area contributed by atoms with Gasteiger partial charge in [0.25, 0.3) is 5.56 Å². The fourth-order valence-corrected chi connectivity index (χ4v) is 3.18. The third-order valence-electron chi connectivity index (χ3n) is 4.66. The van der Waals surface area contributed by atoms with E-state index < -0.39 is 11.2 Å². The zero-order chi connectivity index (χ0) is 22.0. The van der Waals surface area contributed by atoms with Crippen LogP contribution in [0.4, 0.5) is 0 Å². The third-order valence-corrected chi connectivity index (χ3v) is 4.66. The quantitative estimate of drug-likeness (QED) is 0.614. The molecule has 8 heteroatoms. The predicted molar refractivity (Wildman–Crippen MR) is 114 cm³/mol. The molecular formula is C22H22N4O4. The Kier molecular flexibility index (Phi) is 5.70. The van der Waals surface area contributed by atoms with E-state index in [0.717, 1.165) is 4.57 Å². The number of ether oxygens (including phenoxy) is 2. The van der Waals surface area contributed by atoms with Crippen LogP contribution in [0.15, 0.2) is 27.8 Å². The molecule has 0 aliphatic carbocycles. The van der Waals surface area contributed by atoms with Gasteiger partial charge >= 0.3 is 5.69 Å². The first-order valence-corrected chi connectivity index (χ1v) is 9.23. The summed E-state index contributed by atoms with van der Waals surface area (Å²) in [5.41, 5.74) is 0.269. The van der Waals surface area contributed by atoms with Gasteiger partial charge in [0.05, 0.1) is 20.8 Å². The molecule has 0 aliphatic rings. The van der Waals surface area contributed by atoms with Crippen LogP contribution in [0.3, 0.4) is 0 Å².